The van der Waals surface area contributed by atoms with E-state index in [0.29, 0.717) is 11.5 Å². The molecule has 2 fully saturated rings. The highest BCUT2D eigenvalue weighted by atomic mass is 16.2. The second kappa shape index (κ2) is 6.29. The summed E-state index contributed by atoms with van der Waals surface area (Å²) in [5, 5.41) is 0. The summed E-state index contributed by atoms with van der Waals surface area (Å²) in [6, 6.07) is 7.69. The summed E-state index contributed by atoms with van der Waals surface area (Å²) in [6.45, 7) is 3.74. The van der Waals surface area contributed by atoms with Gasteiger partial charge in [0.1, 0.15) is 6.29 Å². The Kier molecular flexibility index (Phi) is 4.23. The number of hydrogen-bond acceptors (Lipinski definition) is 3. The summed E-state index contributed by atoms with van der Waals surface area (Å²) in [6.07, 6.45) is 5.06. The topological polar surface area (TPSA) is 40.6 Å². The average Bonchev–Trinajstić information content (AvgIpc) is 3.09. The van der Waals surface area contributed by atoms with E-state index in [9.17, 15) is 9.59 Å². The molecule has 1 aromatic rings. The zero-order chi connectivity index (χ0) is 14.7. The Morgan fingerprint density at radius 1 is 1.00 bits per heavy atom. The van der Waals surface area contributed by atoms with Gasteiger partial charge in [0.25, 0.3) is 0 Å². The number of carbonyl (C=O) groups is 2. The van der Waals surface area contributed by atoms with Crippen LogP contribution in [-0.4, -0.2) is 43.3 Å². The fourth-order valence-electron chi connectivity index (χ4n) is 3.34. The molecular formula is C17H22N2O2. The molecule has 4 heteroatoms. The normalized spacial score (nSPS) is 19.8. The highest BCUT2D eigenvalue weighted by Crippen LogP contribution is 2.25. The van der Waals surface area contributed by atoms with Crippen LogP contribution in [0, 0.1) is 5.92 Å². The van der Waals surface area contributed by atoms with E-state index in [0.717, 1.165) is 63.8 Å². The van der Waals surface area contributed by atoms with Crippen molar-refractivity contribution in [2.45, 2.75) is 25.7 Å². The first-order valence-electron chi connectivity index (χ1n) is 7.87. The van der Waals surface area contributed by atoms with E-state index in [4.69, 9.17) is 0 Å². The lowest BCUT2D eigenvalue weighted by atomic mass is 9.95. The number of carbonyl (C=O) groups excluding carboxylic acids is 2. The van der Waals surface area contributed by atoms with E-state index in [2.05, 4.69) is 4.90 Å². The van der Waals surface area contributed by atoms with Crippen molar-refractivity contribution in [3.05, 3.63) is 29.8 Å². The van der Waals surface area contributed by atoms with Gasteiger partial charge in [-0.05, 0) is 49.9 Å². The summed E-state index contributed by atoms with van der Waals surface area (Å²) in [5.74, 6) is 0.567. The van der Waals surface area contributed by atoms with Crippen LogP contribution in [0.5, 0.6) is 0 Å². The fraction of sp³-hybridized carbons (Fsp3) is 0.529. The van der Waals surface area contributed by atoms with Crippen molar-refractivity contribution in [3.63, 3.8) is 0 Å². The maximum Gasteiger partial charge on any atom is 0.225 e. The number of anilines is 1. The zero-order valence-corrected chi connectivity index (χ0v) is 12.3. The molecule has 2 heterocycles. The van der Waals surface area contributed by atoms with Gasteiger partial charge in [-0.25, -0.2) is 0 Å². The Labute approximate surface area is 125 Å². The van der Waals surface area contributed by atoms with Gasteiger partial charge in [0, 0.05) is 43.3 Å². The van der Waals surface area contributed by atoms with Crippen LogP contribution in [-0.2, 0) is 4.79 Å². The van der Waals surface area contributed by atoms with Crippen molar-refractivity contribution < 1.29 is 9.59 Å². The quantitative estimate of drug-likeness (QED) is 0.801. The summed E-state index contributed by atoms with van der Waals surface area (Å²) < 4.78 is 0. The minimum Gasteiger partial charge on any atom is -0.371 e. The molecular weight excluding hydrogens is 264 g/mol. The molecule has 0 aromatic heterocycles. The Morgan fingerprint density at radius 2 is 1.62 bits per heavy atom. The Hall–Kier alpha value is -1.84. The molecule has 0 radical (unpaired) electrons. The third-order valence-corrected chi connectivity index (χ3v) is 4.66. The molecule has 0 bridgehead atoms. The van der Waals surface area contributed by atoms with E-state index >= 15 is 0 Å². The lowest BCUT2D eigenvalue weighted by Gasteiger charge is -2.34. The van der Waals surface area contributed by atoms with Crippen LogP contribution in [0.2, 0.25) is 0 Å². The second-order valence-corrected chi connectivity index (χ2v) is 6.00. The van der Waals surface area contributed by atoms with Crippen molar-refractivity contribution >= 4 is 17.9 Å². The van der Waals surface area contributed by atoms with Crippen LogP contribution in [0.1, 0.15) is 36.0 Å². The van der Waals surface area contributed by atoms with E-state index in [-0.39, 0.29) is 5.92 Å². The first-order chi connectivity index (χ1) is 10.3. The number of likely N-dealkylation sites (tertiary alicyclic amines) is 1. The van der Waals surface area contributed by atoms with Crippen molar-refractivity contribution in [2.24, 2.45) is 5.92 Å². The lowest BCUT2D eigenvalue weighted by Crippen LogP contribution is -2.41. The van der Waals surface area contributed by atoms with E-state index in [1.165, 1.54) is 0 Å². The Balaban J connectivity index is 1.56. The fourth-order valence-corrected chi connectivity index (χ4v) is 3.34. The van der Waals surface area contributed by atoms with Crippen molar-refractivity contribution in [1.82, 2.24) is 4.90 Å². The third kappa shape index (κ3) is 3.09. The molecule has 0 N–H and O–H groups in total. The molecule has 1 aromatic carbocycles. The van der Waals surface area contributed by atoms with Crippen molar-refractivity contribution in [1.29, 1.82) is 0 Å². The summed E-state index contributed by atoms with van der Waals surface area (Å²) in [7, 11) is 0. The Morgan fingerprint density at radius 3 is 2.19 bits per heavy atom. The molecule has 0 unspecified atom stereocenters. The van der Waals surface area contributed by atoms with Crippen LogP contribution < -0.4 is 4.90 Å². The van der Waals surface area contributed by atoms with Crippen LogP contribution in [0.15, 0.2) is 24.3 Å². The van der Waals surface area contributed by atoms with E-state index < -0.39 is 0 Å². The van der Waals surface area contributed by atoms with Crippen molar-refractivity contribution in [2.75, 3.05) is 31.1 Å². The number of rotatable bonds is 3. The van der Waals surface area contributed by atoms with E-state index in [1.54, 1.807) is 0 Å². The first-order valence-corrected chi connectivity index (χ1v) is 7.87. The third-order valence-electron chi connectivity index (χ3n) is 4.66. The Bertz CT molecular complexity index is 498. The molecule has 0 atom stereocenters. The molecule has 2 aliphatic heterocycles. The van der Waals surface area contributed by atoms with Gasteiger partial charge in [-0.3, -0.25) is 9.59 Å². The molecule has 21 heavy (non-hydrogen) atoms. The molecule has 2 aliphatic rings. The smallest absolute Gasteiger partial charge is 0.225 e. The van der Waals surface area contributed by atoms with Crippen LogP contribution in [0.4, 0.5) is 5.69 Å². The molecule has 112 valence electrons. The minimum absolute atomic E-state index is 0.202. The summed E-state index contributed by atoms with van der Waals surface area (Å²) >= 11 is 0. The number of amides is 1. The van der Waals surface area contributed by atoms with E-state index in [1.807, 2.05) is 29.2 Å². The van der Waals surface area contributed by atoms with Gasteiger partial charge in [0.2, 0.25) is 5.91 Å². The second-order valence-electron chi connectivity index (χ2n) is 6.00. The van der Waals surface area contributed by atoms with Gasteiger partial charge < -0.3 is 9.80 Å². The van der Waals surface area contributed by atoms with Crippen molar-refractivity contribution in [3.8, 4) is 0 Å². The monoisotopic (exact) mass is 286 g/mol. The van der Waals surface area contributed by atoms with Crippen LogP contribution >= 0.6 is 0 Å². The lowest BCUT2D eigenvalue weighted by molar-refractivity contribution is -0.135. The summed E-state index contributed by atoms with van der Waals surface area (Å²) in [5.41, 5.74) is 1.85. The average molecular weight is 286 g/mol. The number of hydrogen-bond donors (Lipinski definition) is 0. The van der Waals surface area contributed by atoms with Gasteiger partial charge in [-0.15, -0.1) is 0 Å². The van der Waals surface area contributed by atoms with Gasteiger partial charge >= 0.3 is 0 Å². The molecule has 0 aliphatic carbocycles. The molecule has 4 nitrogen and oxygen atoms in total. The molecule has 0 spiro atoms. The minimum atomic E-state index is 0.202. The predicted octanol–water partition coefficient (Wildman–Crippen LogP) is 2.34. The molecule has 1 amide bonds. The predicted molar refractivity (Wildman–Crippen MR) is 82.6 cm³/mol. The number of piperidine rings is 1. The highest BCUT2D eigenvalue weighted by molar-refractivity contribution is 5.79. The summed E-state index contributed by atoms with van der Waals surface area (Å²) in [4.78, 5) is 27.4. The SMILES string of the molecule is O=Cc1ccc(N2CCC(C(=O)N3CCCC3)CC2)cc1. The zero-order valence-electron chi connectivity index (χ0n) is 12.3. The van der Waals surface area contributed by atoms with Crippen LogP contribution in [0.3, 0.4) is 0 Å². The standard InChI is InChI=1S/C17H22N2O2/c20-13-14-3-5-16(6-4-14)18-11-7-15(8-12-18)17(21)19-9-1-2-10-19/h3-6,13,15H,1-2,7-12H2. The number of nitrogens with zero attached hydrogens (tertiary/aromatic N) is 2. The number of benzene rings is 1. The van der Waals surface area contributed by atoms with Gasteiger partial charge in [-0.1, -0.05) is 0 Å². The largest absolute Gasteiger partial charge is 0.371 e. The highest BCUT2D eigenvalue weighted by Gasteiger charge is 2.29. The van der Waals surface area contributed by atoms with Crippen LogP contribution in [0.25, 0.3) is 0 Å². The van der Waals surface area contributed by atoms with Gasteiger partial charge in [0.15, 0.2) is 0 Å². The molecule has 3 rings (SSSR count). The first kappa shape index (κ1) is 14.1. The maximum absolute atomic E-state index is 12.4. The van der Waals surface area contributed by atoms with Gasteiger partial charge in [-0.2, -0.15) is 0 Å². The maximum atomic E-state index is 12.4. The number of aldehydes is 1. The molecule has 0 saturated carbocycles. The van der Waals surface area contributed by atoms with Gasteiger partial charge in [0.05, 0.1) is 0 Å². The molecule has 2 saturated heterocycles.